The smallest absolute Gasteiger partial charge is 0.257 e. The fourth-order valence-corrected chi connectivity index (χ4v) is 1.91. The van der Waals surface area contributed by atoms with Gasteiger partial charge in [0.2, 0.25) is 0 Å². The molecule has 0 unspecified atom stereocenters. The molecule has 0 saturated heterocycles. The normalized spacial score (nSPS) is 10.5. The minimum atomic E-state index is -0.186. The minimum Gasteiger partial charge on any atom is -0.373 e. The van der Waals surface area contributed by atoms with Gasteiger partial charge in [-0.1, -0.05) is 19.9 Å². The standard InChI is InChI=1S/C16H20N4O/c1-10(2)13-8-12(9-15(17-4)19-13)16(21)20-14-7-5-6-11(3)18-14/h5-10H,1-4H3,(H,17,19)(H,18,20,21). The number of hydrogen-bond acceptors (Lipinski definition) is 4. The second-order valence-corrected chi connectivity index (χ2v) is 5.19. The third-order valence-corrected chi connectivity index (χ3v) is 3.08. The number of rotatable bonds is 4. The topological polar surface area (TPSA) is 66.9 Å². The van der Waals surface area contributed by atoms with E-state index in [-0.39, 0.29) is 11.8 Å². The number of carbonyl (C=O) groups is 1. The highest BCUT2D eigenvalue weighted by Crippen LogP contribution is 2.18. The van der Waals surface area contributed by atoms with Gasteiger partial charge in [0.15, 0.2) is 0 Å². The van der Waals surface area contributed by atoms with Gasteiger partial charge in [0, 0.05) is 24.0 Å². The van der Waals surface area contributed by atoms with Crippen LogP contribution in [0.1, 0.15) is 41.5 Å². The molecule has 0 fully saturated rings. The maximum absolute atomic E-state index is 12.4. The molecule has 2 heterocycles. The van der Waals surface area contributed by atoms with E-state index in [9.17, 15) is 4.79 Å². The Morgan fingerprint density at radius 2 is 1.90 bits per heavy atom. The molecule has 2 aromatic heterocycles. The molecule has 5 nitrogen and oxygen atoms in total. The van der Waals surface area contributed by atoms with Crippen molar-refractivity contribution in [1.82, 2.24) is 9.97 Å². The molecule has 2 rings (SSSR count). The molecule has 2 N–H and O–H groups in total. The molecule has 2 aromatic rings. The van der Waals surface area contributed by atoms with E-state index in [2.05, 4.69) is 20.6 Å². The van der Waals surface area contributed by atoms with E-state index in [0.717, 1.165) is 11.4 Å². The molecule has 110 valence electrons. The highest BCUT2D eigenvalue weighted by molar-refractivity contribution is 6.04. The molecule has 0 bridgehead atoms. The van der Waals surface area contributed by atoms with Gasteiger partial charge in [-0.25, -0.2) is 9.97 Å². The highest BCUT2D eigenvalue weighted by atomic mass is 16.1. The van der Waals surface area contributed by atoms with Crippen molar-refractivity contribution in [3.05, 3.63) is 47.3 Å². The second-order valence-electron chi connectivity index (χ2n) is 5.19. The number of nitrogens with one attached hydrogen (secondary N) is 2. The first-order valence-corrected chi connectivity index (χ1v) is 6.94. The molecule has 0 aliphatic rings. The third-order valence-electron chi connectivity index (χ3n) is 3.08. The first-order valence-electron chi connectivity index (χ1n) is 6.94. The molecule has 5 heteroatoms. The number of aryl methyl sites for hydroxylation is 1. The van der Waals surface area contributed by atoms with E-state index in [1.165, 1.54) is 0 Å². The van der Waals surface area contributed by atoms with Crippen LogP contribution in [-0.4, -0.2) is 22.9 Å². The van der Waals surface area contributed by atoms with Crippen molar-refractivity contribution < 1.29 is 4.79 Å². The Balaban J connectivity index is 2.28. The summed E-state index contributed by atoms with van der Waals surface area (Å²) < 4.78 is 0. The zero-order valence-corrected chi connectivity index (χ0v) is 12.8. The van der Waals surface area contributed by atoms with Crippen molar-refractivity contribution in [2.75, 3.05) is 17.7 Å². The third kappa shape index (κ3) is 3.78. The summed E-state index contributed by atoms with van der Waals surface area (Å²) >= 11 is 0. The van der Waals surface area contributed by atoms with Gasteiger partial charge in [0.1, 0.15) is 11.6 Å². The van der Waals surface area contributed by atoms with E-state index < -0.39 is 0 Å². The van der Waals surface area contributed by atoms with E-state index in [4.69, 9.17) is 0 Å². The van der Waals surface area contributed by atoms with Crippen molar-refractivity contribution in [3.63, 3.8) is 0 Å². The minimum absolute atomic E-state index is 0.186. The Morgan fingerprint density at radius 1 is 1.14 bits per heavy atom. The quantitative estimate of drug-likeness (QED) is 0.904. The molecule has 1 amide bonds. The zero-order valence-electron chi connectivity index (χ0n) is 12.8. The molecule has 0 atom stereocenters. The Morgan fingerprint density at radius 3 is 2.52 bits per heavy atom. The molecule has 0 aliphatic heterocycles. The number of carbonyl (C=O) groups excluding carboxylic acids is 1. The summed E-state index contributed by atoms with van der Waals surface area (Å²) in [5, 5.41) is 5.79. The van der Waals surface area contributed by atoms with Gasteiger partial charge in [-0.05, 0) is 37.1 Å². The van der Waals surface area contributed by atoms with Crippen LogP contribution >= 0.6 is 0 Å². The highest BCUT2D eigenvalue weighted by Gasteiger charge is 2.12. The van der Waals surface area contributed by atoms with Crippen LogP contribution in [0.4, 0.5) is 11.6 Å². The molecule has 0 aromatic carbocycles. The predicted molar refractivity (Wildman–Crippen MR) is 84.8 cm³/mol. The molecular formula is C16H20N4O. The lowest BCUT2D eigenvalue weighted by Gasteiger charge is -2.11. The fraction of sp³-hybridized carbons (Fsp3) is 0.312. The summed E-state index contributed by atoms with van der Waals surface area (Å²) in [5.74, 6) is 1.30. The zero-order chi connectivity index (χ0) is 15.4. The molecule has 0 spiro atoms. The van der Waals surface area contributed by atoms with Crippen LogP contribution in [0.15, 0.2) is 30.3 Å². The molecule has 0 aliphatic carbocycles. The molecule has 0 radical (unpaired) electrons. The van der Waals surface area contributed by atoms with Crippen LogP contribution in [0.5, 0.6) is 0 Å². The average molecular weight is 284 g/mol. The van der Waals surface area contributed by atoms with E-state index in [0.29, 0.717) is 17.2 Å². The number of anilines is 2. The first-order chi connectivity index (χ1) is 9.99. The van der Waals surface area contributed by atoms with Crippen LogP contribution < -0.4 is 10.6 Å². The molecule has 21 heavy (non-hydrogen) atoms. The van der Waals surface area contributed by atoms with Crippen molar-refractivity contribution in [1.29, 1.82) is 0 Å². The maximum atomic E-state index is 12.4. The van der Waals surface area contributed by atoms with Gasteiger partial charge in [-0.3, -0.25) is 4.79 Å². The summed E-state index contributed by atoms with van der Waals surface area (Å²) in [6.07, 6.45) is 0. The van der Waals surface area contributed by atoms with Gasteiger partial charge in [-0.2, -0.15) is 0 Å². The summed E-state index contributed by atoms with van der Waals surface area (Å²) in [6, 6.07) is 9.07. The average Bonchev–Trinajstić information content (AvgIpc) is 2.46. The molecular weight excluding hydrogens is 264 g/mol. The lowest BCUT2D eigenvalue weighted by molar-refractivity contribution is 0.102. The lowest BCUT2D eigenvalue weighted by atomic mass is 10.1. The van der Waals surface area contributed by atoms with Gasteiger partial charge < -0.3 is 10.6 Å². The van der Waals surface area contributed by atoms with E-state index >= 15 is 0 Å². The van der Waals surface area contributed by atoms with Gasteiger partial charge in [0.25, 0.3) is 5.91 Å². The first kappa shape index (κ1) is 15.0. The Kier molecular flexibility index (Phi) is 4.52. The number of hydrogen-bond donors (Lipinski definition) is 2. The Hall–Kier alpha value is -2.43. The summed E-state index contributed by atoms with van der Waals surface area (Å²) in [6.45, 7) is 5.98. The van der Waals surface area contributed by atoms with E-state index in [1.807, 2.05) is 39.0 Å². The van der Waals surface area contributed by atoms with E-state index in [1.54, 1.807) is 19.2 Å². The monoisotopic (exact) mass is 284 g/mol. The maximum Gasteiger partial charge on any atom is 0.257 e. The van der Waals surface area contributed by atoms with Crippen LogP contribution in [0.2, 0.25) is 0 Å². The Bertz CT molecular complexity index is 652. The van der Waals surface area contributed by atoms with Crippen molar-refractivity contribution in [2.45, 2.75) is 26.7 Å². The number of pyridine rings is 2. The molecule has 0 saturated carbocycles. The summed E-state index contributed by atoms with van der Waals surface area (Å²) in [5.41, 5.74) is 2.31. The van der Waals surface area contributed by atoms with Crippen molar-refractivity contribution in [3.8, 4) is 0 Å². The van der Waals surface area contributed by atoms with Crippen LogP contribution in [0.3, 0.4) is 0 Å². The summed E-state index contributed by atoms with van der Waals surface area (Å²) in [4.78, 5) is 21.1. The SMILES string of the molecule is CNc1cc(C(=O)Nc2cccc(C)n2)cc(C(C)C)n1. The van der Waals surface area contributed by atoms with Gasteiger partial charge >= 0.3 is 0 Å². The van der Waals surface area contributed by atoms with Gasteiger partial charge in [-0.15, -0.1) is 0 Å². The van der Waals surface area contributed by atoms with Crippen LogP contribution in [0.25, 0.3) is 0 Å². The largest absolute Gasteiger partial charge is 0.373 e. The number of amides is 1. The van der Waals surface area contributed by atoms with Crippen LogP contribution in [-0.2, 0) is 0 Å². The summed E-state index contributed by atoms with van der Waals surface area (Å²) in [7, 11) is 1.79. The predicted octanol–water partition coefficient (Wildman–Crippen LogP) is 3.20. The lowest BCUT2D eigenvalue weighted by Crippen LogP contribution is -2.14. The number of aromatic nitrogens is 2. The van der Waals surface area contributed by atoms with Crippen LogP contribution in [0, 0.1) is 6.92 Å². The Labute approximate surface area is 124 Å². The number of nitrogens with zero attached hydrogens (tertiary/aromatic N) is 2. The van der Waals surface area contributed by atoms with Gasteiger partial charge in [0.05, 0.1) is 0 Å². The second kappa shape index (κ2) is 6.35. The van der Waals surface area contributed by atoms with Crippen molar-refractivity contribution >= 4 is 17.5 Å². The fourth-order valence-electron chi connectivity index (χ4n) is 1.91. The van der Waals surface area contributed by atoms with Crippen molar-refractivity contribution in [2.24, 2.45) is 0 Å².